The van der Waals surface area contributed by atoms with Crippen LogP contribution in [0.4, 0.5) is 0 Å². The molecule has 0 fully saturated rings. The molecule has 12 heterocycles. The Balaban J connectivity index is 0.000000106. The fourth-order valence-corrected chi connectivity index (χ4v) is 27.8. The lowest BCUT2D eigenvalue weighted by Crippen LogP contribution is -2.00. The van der Waals surface area contributed by atoms with Gasteiger partial charge in [0.2, 0.25) is 0 Å². The third kappa shape index (κ3) is 15.7. The minimum Gasteiger partial charge on any atom is -0.236 e. The Morgan fingerprint density at radius 1 is 0.120 bits per heavy atom. The summed E-state index contributed by atoms with van der Waals surface area (Å²) >= 11 is 10.6. The number of rotatable bonds is 13. The predicted molar refractivity (Wildman–Crippen MR) is 633 cm³/mol. The van der Waals surface area contributed by atoms with Gasteiger partial charge in [-0.25, -0.2) is 59.8 Å². The zero-order valence-corrected chi connectivity index (χ0v) is 84.6. The summed E-state index contributed by atoms with van der Waals surface area (Å²) in [5, 5.41) is 21.9. The Morgan fingerprint density at radius 2 is 0.360 bits per heavy atom. The van der Waals surface area contributed by atoms with Crippen molar-refractivity contribution in [2.75, 3.05) is 0 Å². The van der Waals surface area contributed by atoms with E-state index in [2.05, 4.69) is 394 Å². The summed E-state index contributed by atoms with van der Waals surface area (Å²) in [4.78, 5) is 64.8. The SMILES string of the molecule is c1ccc(-c2cccc(-c3nc(-c4ccc(-c5nc6sc7ccccc7c6c6ccccc56)cc4)nc(-c4cccc5c4sc4ccccc45)n3)c2)cc1.c1ccc(-c2nc(-c3ccc(-c4nc5sc6ccccc6c5c5ccccc45)cc3)nc(-c3cccc4c3sc3ccccc34)n2)cc1.c1ccc(-c2nc(-c3cccc(-c4nc5sc6ccccc6c5c5ccccc45)c3)nc(-c3ccc4sc5ccccc5c4c3)n2)cc1. The van der Waals surface area contributed by atoms with Crippen LogP contribution in [0.2, 0.25) is 0 Å². The average molecular weight is 2020 g/mol. The molecule has 0 N–H and O–H groups in total. The van der Waals surface area contributed by atoms with Crippen molar-refractivity contribution in [1.82, 2.24) is 59.8 Å². The zero-order chi connectivity index (χ0) is 98.8. The van der Waals surface area contributed by atoms with Gasteiger partial charge in [-0.3, -0.25) is 0 Å². The summed E-state index contributed by atoms with van der Waals surface area (Å²) in [5.74, 6) is 5.81. The molecule has 0 atom stereocenters. The lowest BCUT2D eigenvalue weighted by molar-refractivity contribution is 1.07. The maximum Gasteiger partial charge on any atom is 0.165 e. The molecule has 0 aliphatic rings. The molecule has 12 nitrogen and oxygen atoms in total. The van der Waals surface area contributed by atoms with Gasteiger partial charge in [-0.2, -0.15) is 0 Å². The number of nitrogens with zero attached hydrogens (tertiary/aromatic N) is 12. The van der Waals surface area contributed by atoms with Crippen LogP contribution in [0.5, 0.6) is 0 Å². The maximum atomic E-state index is 5.29. The molecular formula is C132H76N12S6. The largest absolute Gasteiger partial charge is 0.236 e. The molecule has 0 aliphatic carbocycles. The second kappa shape index (κ2) is 37.1. The van der Waals surface area contributed by atoms with Gasteiger partial charge in [0.05, 0.1) is 17.1 Å². The zero-order valence-electron chi connectivity index (χ0n) is 79.7. The van der Waals surface area contributed by atoms with Gasteiger partial charge in [0.25, 0.3) is 0 Å². The molecule has 12 aromatic heterocycles. The first kappa shape index (κ1) is 88.3. The normalized spacial score (nSPS) is 11.7. The summed E-state index contributed by atoms with van der Waals surface area (Å²) < 4.78 is 11.1. The van der Waals surface area contributed by atoms with Gasteiger partial charge in [-0.15, -0.1) is 68.0 Å². The summed E-state index contributed by atoms with van der Waals surface area (Å²) in [6, 6.07) is 161. The van der Waals surface area contributed by atoms with E-state index in [-0.39, 0.29) is 0 Å². The Labute approximate surface area is 882 Å². The monoisotopic (exact) mass is 2020 g/mol. The molecule has 0 saturated carbocycles. The van der Waals surface area contributed by atoms with Crippen molar-refractivity contribution in [2.45, 2.75) is 0 Å². The Morgan fingerprint density at radius 3 is 0.753 bits per heavy atom. The highest BCUT2D eigenvalue weighted by Gasteiger charge is 2.26. The number of thiophene rings is 6. The van der Waals surface area contributed by atoms with Crippen molar-refractivity contribution in [3.05, 3.63) is 461 Å². The van der Waals surface area contributed by atoms with E-state index in [0.29, 0.717) is 52.4 Å². The number of fused-ring (bicyclic) bond motifs is 24. The summed E-state index contributed by atoms with van der Waals surface area (Å²) in [5.41, 5.74) is 16.9. The molecule has 31 rings (SSSR count). The van der Waals surface area contributed by atoms with E-state index >= 15 is 0 Å². The number of hydrogen-bond donors (Lipinski definition) is 0. The molecule has 0 aliphatic heterocycles. The molecule has 700 valence electrons. The van der Waals surface area contributed by atoms with Gasteiger partial charge in [-0.1, -0.05) is 382 Å². The van der Waals surface area contributed by atoms with E-state index in [1.807, 2.05) is 78.1 Å². The van der Waals surface area contributed by atoms with Gasteiger partial charge >= 0.3 is 0 Å². The number of aromatic nitrogens is 12. The number of pyridine rings is 3. The van der Waals surface area contributed by atoms with Crippen molar-refractivity contribution in [3.8, 4) is 147 Å². The first-order chi connectivity index (χ1) is 74.3. The molecule has 0 radical (unpaired) electrons. The van der Waals surface area contributed by atoms with Gasteiger partial charge in [-0.05, 0) is 106 Å². The van der Waals surface area contributed by atoms with E-state index in [1.54, 1.807) is 56.7 Å². The average Bonchev–Trinajstić information content (AvgIpc) is 1.57. The van der Waals surface area contributed by atoms with Gasteiger partial charge < -0.3 is 0 Å². The first-order valence-corrected chi connectivity index (χ1v) is 54.4. The summed E-state index contributed by atoms with van der Waals surface area (Å²) in [7, 11) is 0. The lowest BCUT2D eigenvalue weighted by Gasteiger charge is -2.11. The van der Waals surface area contributed by atoms with E-state index in [9.17, 15) is 0 Å². The van der Waals surface area contributed by atoms with Crippen LogP contribution in [0.1, 0.15) is 0 Å². The standard InChI is InChI=1S/C48H28N4S2.2C42H24N4S2/c1-2-12-29(13-3-1)32-14-10-15-33(28-32)46-50-45(51-47(52-46)39-21-11-20-37-34-16-6-8-22-40(34)53-44(37)39)31-26-24-30(25-27-31)43-36-18-5-4-17-35(36)42-38-19-7-9-23-41(38)54-48(42)49-43;1-2-11-25(12-3-1)39-44-40(46-41(45-39)28-21-22-36-33(24-28)29-15-6-8-19-34(29)47-36)27-14-10-13-26(23-27)38-31-17-5-4-16-30(31)37-32-18-7-9-20-35(32)48-42(37)43-38;1-2-11-26(12-3-1)39-44-40(46-41(45-39)33-18-10-17-31-28-13-6-8-19-34(28)47-38(31)33)27-23-21-25(22-24-27)37-30-15-5-4-14-29(30)36-32-16-7-9-20-35(32)48-42(36)43-37/h1-28H;2*1-24H. The smallest absolute Gasteiger partial charge is 0.165 e. The second-order valence-electron chi connectivity index (χ2n) is 37.1. The minimum atomic E-state index is 0.627. The van der Waals surface area contributed by atoms with Crippen LogP contribution in [0.3, 0.4) is 0 Å². The van der Waals surface area contributed by atoms with Crippen LogP contribution < -0.4 is 0 Å². The Kier molecular flexibility index (Phi) is 21.8. The minimum absolute atomic E-state index is 0.627. The Bertz CT molecular complexity index is 10800. The predicted octanol–water partition coefficient (Wildman–Crippen LogP) is 37.1. The van der Waals surface area contributed by atoms with Crippen LogP contribution in [0.15, 0.2) is 461 Å². The third-order valence-electron chi connectivity index (χ3n) is 28.1. The fraction of sp³-hybridized carbons (Fsp3) is 0. The summed E-state index contributed by atoms with van der Waals surface area (Å²) in [6.45, 7) is 0. The van der Waals surface area contributed by atoms with Crippen LogP contribution in [-0.2, 0) is 0 Å². The van der Waals surface area contributed by atoms with Crippen molar-refractivity contribution in [2.24, 2.45) is 0 Å². The van der Waals surface area contributed by atoms with E-state index in [4.69, 9.17) is 59.8 Å². The molecule has 18 heteroatoms. The molecule has 0 bridgehead atoms. The van der Waals surface area contributed by atoms with Gasteiger partial charge in [0.1, 0.15) is 14.5 Å². The molecule has 150 heavy (non-hydrogen) atoms. The molecule has 0 saturated heterocycles. The molecule has 19 aromatic carbocycles. The topological polar surface area (TPSA) is 155 Å². The van der Waals surface area contributed by atoms with Crippen molar-refractivity contribution in [3.63, 3.8) is 0 Å². The first-order valence-electron chi connectivity index (χ1n) is 49.5. The highest BCUT2D eigenvalue weighted by molar-refractivity contribution is 7.28. The van der Waals surface area contributed by atoms with E-state index in [0.717, 1.165) is 126 Å². The molecule has 0 spiro atoms. The lowest BCUT2D eigenvalue weighted by atomic mass is 9.99. The number of hydrogen-bond acceptors (Lipinski definition) is 18. The van der Waals surface area contributed by atoms with E-state index < -0.39 is 0 Å². The quantitative estimate of drug-likeness (QED) is 0.108. The third-order valence-corrected chi connectivity index (χ3v) is 34.9. The molecular weight excluding hydrogens is 1950 g/mol. The fourth-order valence-electron chi connectivity index (χ4n) is 21.0. The highest BCUT2D eigenvalue weighted by Crippen LogP contribution is 2.49. The summed E-state index contributed by atoms with van der Waals surface area (Å²) in [6.07, 6.45) is 0. The van der Waals surface area contributed by atoms with Crippen LogP contribution in [0, 0.1) is 0 Å². The molecule has 0 amide bonds. The highest BCUT2D eigenvalue weighted by atomic mass is 32.1. The van der Waals surface area contributed by atoms with Crippen molar-refractivity contribution < 1.29 is 0 Å². The van der Waals surface area contributed by atoms with Gasteiger partial charge in [0, 0.05) is 190 Å². The van der Waals surface area contributed by atoms with Crippen molar-refractivity contribution in [1.29, 1.82) is 0 Å². The van der Waals surface area contributed by atoms with Crippen LogP contribution in [0.25, 0.3) is 301 Å². The van der Waals surface area contributed by atoms with Crippen LogP contribution in [-0.4, -0.2) is 59.8 Å². The van der Waals surface area contributed by atoms with E-state index in [1.165, 1.54) is 123 Å². The maximum absolute atomic E-state index is 5.29. The van der Waals surface area contributed by atoms with Crippen molar-refractivity contribution >= 4 is 222 Å². The van der Waals surface area contributed by atoms with Gasteiger partial charge in [0.15, 0.2) is 52.4 Å². The number of benzene rings is 19. The molecule has 0 unspecified atom stereocenters. The Hall–Kier alpha value is -18.2. The second-order valence-corrected chi connectivity index (χ2v) is 43.3. The molecule has 31 aromatic rings. The van der Waals surface area contributed by atoms with Crippen LogP contribution >= 0.6 is 68.0 Å².